The molecule has 1 aliphatic carbocycles. The molecular weight excluding hydrogens is 216 g/mol. The number of ether oxygens (including phenoxy) is 2. The average Bonchev–Trinajstić information content (AvgIpc) is 2.34. The van der Waals surface area contributed by atoms with Crippen LogP contribution in [0.1, 0.15) is 20.3 Å². The van der Waals surface area contributed by atoms with Gasteiger partial charge in [0, 0.05) is 36.5 Å². The van der Waals surface area contributed by atoms with Crippen molar-refractivity contribution in [2.45, 2.75) is 32.4 Å². The SMILES string of the molecule is COc1cc(NC2CC(OC)C2(C)C)ccn1. The second-order valence-corrected chi connectivity index (χ2v) is 5.07. The van der Waals surface area contributed by atoms with Gasteiger partial charge in [-0.05, 0) is 12.5 Å². The van der Waals surface area contributed by atoms with Crippen molar-refractivity contribution in [2.24, 2.45) is 5.41 Å². The summed E-state index contributed by atoms with van der Waals surface area (Å²) in [6.45, 7) is 4.45. The molecule has 0 bridgehead atoms. The van der Waals surface area contributed by atoms with Crippen LogP contribution in [-0.2, 0) is 4.74 Å². The predicted molar refractivity (Wildman–Crippen MR) is 67.4 cm³/mol. The minimum Gasteiger partial charge on any atom is -0.481 e. The quantitative estimate of drug-likeness (QED) is 0.871. The zero-order chi connectivity index (χ0) is 12.5. The summed E-state index contributed by atoms with van der Waals surface area (Å²) < 4.78 is 10.5. The van der Waals surface area contributed by atoms with E-state index in [1.807, 2.05) is 12.1 Å². The van der Waals surface area contributed by atoms with Gasteiger partial charge >= 0.3 is 0 Å². The Morgan fingerprint density at radius 1 is 1.41 bits per heavy atom. The average molecular weight is 236 g/mol. The molecule has 1 saturated carbocycles. The van der Waals surface area contributed by atoms with Gasteiger partial charge in [0.1, 0.15) is 0 Å². The Bertz CT molecular complexity index is 393. The van der Waals surface area contributed by atoms with Gasteiger partial charge in [0.05, 0.1) is 13.2 Å². The fourth-order valence-corrected chi connectivity index (χ4v) is 2.34. The normalized spacial score (nSPS) is 26.1. The molecule has 0 radical (unpaired) electrons. The highest BCUT2D eigenvalue weighted by molar-refractivity contribution is 5.47. The van der Waals surface area contributed by atoms with Gasteiger partial charge in [0.25, 0.3) is 0 Å². The molecule has 1 heterocycles. The van der Waals surface area contributed by atoms with Crippen LogP contribution in [0.15, 0.2) is 18.3 Å². The van der Waals surface area contributed by atoms with Gasteiger partial charge in [-0.25, -0.2) is 4.98 Å². The third kappa shape index (κ3) is 2.22. The Morgan fingerprint density at radius 2 is 2.18 bits per heavy atom. The predicted octanol–water partition coefficient (Wildman–Crippen LogP) is 2.32. The fourth-order valence-electron chi connectivity index (χ4n) is 2.34. The minimum absolute atomic E-state index is 0.158. The molecule has 1 aromatic heterocycles. The number of nitrogens with zero attached hydrogens (tertiary/aromatic N) is 1. The Hall–Kier alpha value is -1.29. The summed E-state index contributed by atoms with van der Waals surface area (Å²) in [7, 11) is 3.40. The van der Waals surface area contributed by atoms with Gasteiger partial charge < -0.3 is 14.8 Å². The molecule has 0 aliphatic heterocycles. The van der Waals surface area contributed by atoms with Crippen molar-refractivity contribution >= 4 is 5.69 Å². The molecule has 0 aromatic carbocycles. The Balaban J connectivity index is 2.02. The lowest BCUT2D eigenvalue weighted by atomic mass is 9.64. The second kappa shape index (κ2) is 4.53. The molecule has 1 aliphatic rings. The van der Waals surface area contributed by atoms with E-state index in [-0.39, 0.29) is 5.41 Å². The molecule has 4 heteroatoms. The summed E-state index contributed by atoms with van der Waals surface area (Å²) in [6, 6.07) is 4.30. The summed E-state index contributed by atoms with van der Waals surface area (Å²) >= 11 is 0. The van der Waals surface area contributed by atoms with Crippen molar-refractivity contribution in [3.05, 3.63) is 18.3 Å². The van der Waals surface area contributed by atoms with Crippen molar-refractivity contribution < 1.29 is 9.47 Å². The number of nitrogens with one attached hydrogen (secondary N) is 1. The first-order chi connectivity index (χ1) is 8.07. The van der Waals surface area contributed by atoms with Gasteiger partial charge in [-0.3, -0.25) is 0 Å². The standard InChI is InChI=1S/C13H20N2O2/c1-13(2)10(8-11(13)16-3)15-9-5-6-14-12(7-9)17-4/h5-7,10-11H,8H2,1-4H3,(H,14,15). The molecule has 4 nitrogen and oxygen atoms in total. The molecule has 0 saturated heterocycles. The van der Waals surface area contributed by atoms with Gasteiger partial charge in [-0.15, -0.1) is 0 Å². The van der Waals surface area contributed by atoms with E-state index in [1.165, 1.54) is 0 Å². The lowest BCUT2D eigenvalue weighted by Crippen LogP contribution is -2.57. The van der Waals surface area contributed by atoms with Gasteiger partial charge in [0.15, 0.2) is 0 Å². The molecule has 0 amide bonds. The summed E-state index contributed by atoms with van der Waals surface area (Å²) in [6.07, 6.45) is 3.12. The van der Waals surface area contributed by atoms with Crippen molar-refractivity contribution in [2.75, 3.05) is 19.5 Å². The highest BCUT2D eigenvalue weighted by Gasteiger charge is 2.48. The van der Waals surface area contributed by atoms with Crippen LogP contribution in [0.5, 0.6) is 5.88 Å². The van der Waals surface area contributed by atoms with Crippen LogP contribution in [0.25, 0.3) is 0 Å². The lowest BCUT2D eigenvalue weighted by Gasteiger charge is -2.51. The number of rotatable bonds is 4. The van der Waals surface area contributed by atoms with E-state index in [2.05, 4.69) is 24.1 Å². The molecule has 2 rings (SSSR count). The number of aromatic nitrogens is 1. The Labute approximate surface area is 102 Å². The van der Waals surface area contributed by atoms with E-state index >= 15 is 0 Å². The molecule has 2 unspecified atom stereocenters. The van der Waals surface area contributed by atoms with E-state index in [1.54, 1.807) is 20.4 Å². The van der Waals surface area contributed by atoms with Crippen molar-refractivity contribution in [3.8, 4) is 5.88 Å². The van der Waals surface area contributed by atoms with E-state index < -0.39 is 0 Å². The third-order valence-electron chi connectivity index (χ3n) is 3.75. The van der Waals surface area contributed by atoms with Crippen LogP contribution >= 0.6 is 0 Å². The van der Waals surface area contributed by atoms with Crippen LogP contribution in [0.2, 0.25) is 0 Å². The first kappa shape index (κ1) is 12.2. The van der Waals surface area contributed by atoms with E-state index in [4.69, 9.17) is 9.47 Å². The summed E-state index contributed by atoms with van der Waals surface area (Å²) in [5.74, 6) is 0.635. The van der Waals surface area contributed by atoms with Crippen molar-refractivity contribution in [1.82, 2.24) is 4.98 Å². The zero-order valence-corrected chi connectivity index (χ0v) is 10.9. The van der Waals surface area contributed by atoms with Gasteiger partial charge in [-0.2, -0.15) is 0 Å². The highest BCUT2D eigenvalue weighted by Crippen LogP contribution is 2.44. The van der Waals surface area contributed by atoms with Crippen LogP contribution in [-0.4, -0.2) is 31.3 Å². The number of methoxy groups -OCH3 is 2. The molecule has 0 spiro atoms. The maximum absolute atomic E-state index is 5.44. The van der Waals surface area contributed by atoms with E-state index in [0.29, 0.717) is 18.0 Å². The summed E-state index contributed by atoms with van der Waals surface area (Å²) in [4.78, 5) is 4.09. The molecule has 94 valence electrons. The topological polar surface area (TPSA) is 43.4 Å². The van der Waals surface area contributed by atoms with Crippen molar-refractivity contribution in [3.63, 3.8) is 0 Å². The first-order valence-corrected chi connectivity index (χ1v) is 5.87. The van der Waals surface area contributed by atoms with Gasteiger partial charge in [-0.1, -0.05) is 13.8 Å². The maximum atomic E-state index is 5.44. The zero-order valence-electron chi connectivity index (χ0n) is 10.9. The van der Waals surface area contributed by atoms with Crippen LogP contribution in [0.4, 0.5) is 5.69 Å². The third-order valence-corrected chi connectivity index (χ3v) is 3.75. The Morgan fingerprint density at radius 3 is 2.76 bits per heavy atom. The molecule has 1 N–H and O–H groups in total. The smallest absolute Gasteiger partial charge is 0.214 e. The van der Waals surface area contributed by atoms with Crippen molar-refractivity contribution in [1.29, 1.82) is 0 Å². The number of hydrogen-bond donors (Lipinski definition) is 1. The van der Waals surface area contributed by atoms with Gasteiger partial charge in [0.2, 0.25) is 5.88 Å². The van der Waals surface area contributed by atoms with E-state index in [0.717, 1.165) is 12.1 Å². The molecule has 1 aromatic rings. The maximum Gasteiger partial charge on any atom is 0.214 e. The van der Waals surface area contributed by atoms with E-state index in [9.17, 15) is 0 Å². The van der Waals surface area contributed by atoms with Crippen LogP contribution in [0, 0.1) is 5.41 Å². The largest absolute Gasteiger partial charge is 0.481 e. The summed E-state index contributed by atoms with van der Waals surface area (Å²) in [5.41, 5.74) is 1.20. The highest BCUT2D eigenvalue weighted by atomic mass is 16.5. The van der Waals surface area contributed by atoms with Crippen LogP contribution < -0.4 is 10.1 Å². The molecule has 2 atom stereocenters. The summed E-state index contributed by atoms with van der Waals surface area (Å²) in [5, 5.41) is 3.51. The molecular formula is C13H20N2O2. The fraction of sp³-hybridized carbons (Fsp3) is 0.615. The number of pyridine rings is 1. The number of hydrogen-bond acceptors (Lipinski definition) is 4. The number of anilines is 1. The second-order valence-electron chi connectivity index (χ2n) is 5.07. The monoisotopic (exact) mass is 236 g/mol. The minimum atomic E-state index is 0.158. The molecule has 17 heavy (non-hydrogen) atoms. The first-order valence-electron chi connectivity index (χ1n) is 5.87. The van der Waals surface area contributed by atoms with Crippen LogP contribution in [0.3, 0.4) is 0 Å². The Kier molecular flexibility index (Phi) is 3.24. The molecule has 1 fully saturated rings. The lowest BCUT2D eigenvalue weighted by molar-refractivity contribution is -0.0794.